The molecule has 6 nitrogen and oxygen atoms in total. The molecular formula is C20H18N2O4S. The van der Waals surface area contributed by atoms with Crippen molar-refractivity contribution in [3.05, 3.63) is 60.7 Å². The average molecular weight is 382 g/mol. The van der Waals surface area contributed by atoms with Crippen molar-refractivity contribution in [2.75, 3.05) is 12.4 Å². The van der Waals surface area contributed by atoms with Crippen molar-refractivity contribution in [1.29, 1.82) is 0 Å². The zero-order chi connectivity index (χ0) is 19.1. The largest absolute Gasteiger partial charge is 0.450 e. The third-order valence-corrected chi connectivity index (χ3v) is 4.36. The Hall–Kier alpha value is -3.06. The quantitative estimate of drug-likeness (QED) is 0.638. The first-order chi connectivity index (χ1) is 13.2. The molecule has 0 saturated carbocycles. The fourth-order valence-corrected chi connectivity index (χ4v) is 3.01. The number of rotatable bonds is 6. The average Bonchev–Trinajstić information content (AvgIpc) is 3.12. The van der Waals surface area contributed by atoms with Gasteiger partial charge in [0.15, 0.2) is 5.76 Å². The SMILES string of the molecule is CCOC(=O)NC(=O)CSc1nc(-c2ccccc2)c(-c2ccccc2)o1. The van der Waals surface area contributed by atoms with Crippen LogP contribution < -0.4 is 5.32 Å². The number of carbonyl (C=O) groups is 2. The molecule has 0 aliphatic heterocycles. The number of hydrogen-bond donors (Lipinski definition) is 1. The van der Waals surface area contributed by atoms with E-state index in [-0.39, 0.29) is 12.4 Å². The molecule has 0 atom stereocenters. The molecule has 0 unspecified atom stereocenters. The van der Waals surface area contributed by atoms with Gasteiger partial charge in [-0.25, -0.2) is 9.78 Å². The number of benzene rings is 2. The maximum absolute atomic E-state index is 11.8. The van der Waals surface area contributed by atoms with Gasteiger partial charge in [0.1, 0.15) is 5.69 Å². The maximum atomic E-state index is 11.8. The Morgan fingerprint density at radius 3 is 2.30 bits per heavy atom. The number of ether oxygens (including phenoxy) is 1. The van der Waals surface area contributed by atoms with Crippen LogP contribution in [0.25, 0.3) is 22.6 Å². The summed E-state index contributed by atoms with van der Waals surface area (Å²) in [5.74, 6) is 0.149. The van der Waals surface area contributed by atoms with Gasteiger partial charge in [0, 0.05) is 11.1 Å². The number of aromatic nitrogens is 1. The van der Waals surface area contributed by atoms with Crippen LogP contribution in [0.5, 0.6) is 0 Å². The standard InChI is InChI=1S/C20H18N2O4S/c1-2-25-19(24)21-16(23)13-27-20-22-17(14-9-5-3-6-10-14)18(26-20)15-11-7-4-8-12-15/h3-12H,2,13H2,1H3,(H,21,23,24). The number of amides is 2. The van der Waals surface area contributed by atoms with Crippen molar-refractivity contribution >= 4 is 23.8 Å². The predicted octanol–water partition coefficient (Wildman–Crippen LogP) is 4.37. The number of hydrogen-bond acceptors (Lipinski definition) is 6. The van der Waals surface area contributed by atoms with Crippen molar-refractivity contribution in [2.45, 2.75) is 12.1 Å². The molecule has 3 aromatic rings. The summed E-state index contributed by atoms with van der Waals surface area (Å²) >= 11 is 1.12. The van der Waals surface area contributed by atoms with Crippen molar-refractivity contribution in [3.63, 3.8) is 0 Å². The summed E-state index contributed by atoms with van der Waals surface area (Å²) in [6.45, 7) is 1.87. The van der Waals surface area contributed by atoms with Gasteiger partial charge >= 0.3 is 6.09 Å². The zero-order valence-corrected chi connectivity index (χ0v) is 15.5. The van der Waals surface area contributed by atoms with E-state index in [1.54, 1.807) is 6.92 Å². The Kier molecular flexibility index (Phi) is 6.27. The van der Waals surface area contributed by atoms with Crippen LogP contribution in [0.2, 0.25) is 0 Å². The second-order valence-electron chi connectivity index (χ2n) is 5.45. The van der Waals surface area contributed by atoms with Crippen LogP contribution in [0.15, 0.2) is 70.3 Å². The van der Waals surface area contributed by atoms with E-state index in [1.165, 1.54) is 0 Å². The Morgan fingerprint density at radius 1 is 1.04 bits per heavy atom. The molecule has 138 valence electrons. The van der Waals surface area contributed by atoms with E-state index in [2.05, 4.69) is 15.0 Å². The van der Waals surface area contributed by atoms with E-state index in [4.69, 9.17) is 4.42 Å². The van der Waals surface area contributed by atoms with Crippen molar-refractivity contribution in [1.82, 2.24) is 10.3 Å². The highest BCUT2D eigenvalue weighted by Crippen LogP contribution is 2.35. The molecule has 27 heavy (non-hydrogen) atoms. The smallest absolute Gasteiger partial charge is 0.413 e. The first kappa shape index (κ1) is 18.7. The molecule has 1 heterocycles. The molecule has 0 aliphatic carbocycles. The summed E-state index contributed by atoms with van der Waals surface area (Å²) in [5, 5.41) is 2.50. The molecular weight excluding hydrogens is 364 g/mol. The van der Waals surface area contributed by atoms with Crippen LogP contribution >= 0.6 is 11.8 Å². The molecule has 3 rings (SSSR count). The number of imide groups is 1. The Balaban J connectivity index is 1.80. The molecule has 7 heteroatoms. The Labute approximate surface area is 160 Å². The normalized spacial score (nSPS) is 10.4. The lowest BCUT2D eigenvalue weighted by atomic mass is 10.1. The zero-order valence-electron chi connectivity index (χ0n) is 14.7. The minimum absolute atomic E-state index is 0.0121. The van der Waals surface area contributed by atoms with Crippen LogP contribution in [-0.4, -0.2) is 29.3 Å². The molecule has 0 spiro atoms. The van der Waals surface area contributed by atoms with Crippen LogP contribution in [0, 0.1) is 0 Å². The molecule has 1 aromatic heterocycles. The molecule has 1 N–H and O–H groups in total. The lowest BCUT2D eigenvalue weighted by molar-refractivity contribution is -0.117. The molecule has 0 bridgehead atoms. The Morgan fingerprint density at radius 2 is 1.67 bits per heavy atom. The van der Waals surface area contributed by atoms with Gasteiger partial charge in [0.2, 0.25) is 5.91 Å². The number of carbonyl (C=O) groups excluding carboxylic acids is 2. The second-order valence-corrected chi connectivity index (χ2v) is 6.37. The monoisotopic (exact) mass is 382 g/mol. The minimum atomic E-state index is -0.759. The van der Waals surface area contributed by atoms with Crippen molar-refractivity contribution in [3.8, 4) is 22.6 Å². The summed E-state index contributed by atoms with van der Waals surface area (Å²) in [7, 11) is 0. The third kappa shape index (κ3) is 4.98. The lowest BCUT2D eigenvalue weighted by Gasteiger charge is -2.02. The van der Waals surface area contributed by atoms with Gasteiger partial charge in [-0.05, 0) is 6.92 Å². The molecule has 0 fully saturated rings. The predicted molar refractivity (Wildman–Crippen MR) is 103 cm³/mol. The first-order valence-corrected chi connectivity index (χ1v) is 9.37. The maximum Gasteiger partial charge on any atom is 0.413 e. The number of thioether (sulfide) groups is 1. The molecule has 0 radical (unpaired) electrons. The summed E-state index contributed by atoms with van der Waals surface area (Å²) < 4.78 is 10.6. The van der Waals surface area contributed by atoms with E-state index in [0.717, 1.165) is 22.9 Å². The Bertz CT molecular complexity index is 853. The van der Waals surface area contributed by atoms with Crippen LogP contribution in [0.4, 0.5) is 4.79 Å². The molecule has 0 aliphatic rings. The van der Waals surface area contributed by atoms with Crippen molar-refractivity contribution in [2.24, 2.45) is 0 Å². The highest BCUT2D eigenvalue weighted by molar-refractivity contribution is 7.99. The van der Waals surface area contributed by atoms with Gasteiger partial charge in [-0.1, -0.05) is 72.4 Å². The number of alkyl carbamates (subject to hydrolysis) is 1. The van der Waals surface area contributed by atoms with Gasteiger partial charge in [0.05, 0.1) is 12.4 Å². The topological polar surface area (TPSA) is 81.4 Å². The van der Waals surface area contributed by atoms with Crippen LogP contribution in [0.1, 0.15) is 6.92 Å². The highest BCUT2D eigenvalue weighted by Gasteiger charge is 2.18. The second kappa shape index (κ2) is 9.05. The third-order valence-electron chi connectivity index (χ3n) is 3.53. The molecule has 2 amide bonds. The summed E-state index contributed by atoms with van der Waals surface area (Å²) in [6, 6.07) is 19.3. The van der Waals surface area contributed by atoms with Crippen LogP contribution in [0.3, 0.4) is 0 Å². The lowest BCUT2D eigenvalue weighted by Crippen LogP contribution is -2.32. The van der Waals surface area contributed by atoms with E-state index in [1.807, 2.05) is 60.7 Å². The van der Waals surface area contributed by atoms with Gasteiger partial charge in [0.25, 0.3) is 5.22 Å². The highest BCUT2D eigenvalue weighted by atomic mass is 32.2. The molecule has 0 saturated heterocycles. The number of oxazole rings is 1. The van der Waals surface area contributed by atoms with E-state index >= 15 is 0 Å². The van der Waals surface area contributed by atoms with Crippen LogP contribution in [-0.2, 0) is 9.53 Å². The van der Waals surface area contributed by atoms with E-state index in [9.17, 15) is 9.59 Å². The first-order valence-electron chi connectivity index (χ1n) is 8.38. The van der Waals surface area contributed by atoms with Gasteiger partial charge < -0.3 is 9.15 Å². The summed E-state index contributed by atoms with van der Waals surface area (Å²) in [6.07, 6.45) is -0.759. The minimum Gasteiger partial charge on any atom is -0.450 e. The molecule has 2 aromatic carbocycles. The summed E-state index contributed by atoms with van der Waals surface area (Å²) in [5.41, 5.74) is 2.52. The summed E-state index contributed by atoms with van der Waals surface area (Å²) in [4.78, 5) is 27.7. The number of nitrogens with zero attached hydrogens (tertiary/aromatic N) is 1. The van der Waals surface area contributed by atoms with Gasteiger partial charge in [-0.3, -0.25) is 10.1 Å². The van der Waals surface area contributed by atoms with Gasteiger partial charge in [-0.15, -0.1) is 0 Å². The van der Waals surface area contributed by atoms with Gasteiger partial charge in [-0.2, -0.15) is 0 Å². The fraction of sp³-hybridized carbons (Fsp3) is 0.150. The van der Waals surface area contributed by atoms with E-state index in [0.29, 0.717) is 16.7 Å². The number of nitrogens with one attached hydrogen (secondary N) is 1. The fourth-order valence-electron chi connectivity index (χ4n) is 2.38. The van der Waals surface area contributed by atoms with Crippen molar-refractivity contribution < 1.29 is 18.7 Å². The van der Waals surface area contributed by atoms with E-state index < -0.39 is 12.0 Å².